The van der Waals surface area contributed by atoms with Gasteiger partial charge in [0.2, 0.25) is 0 Å². The first-order chi connectivity index (χ1) is 9.79. The number of nitrogens with zero attached hydrogens (tertiary/aromatic N) is 1. The van der Waals surface area contributed by atoms with Gasteiger partial charge in [0.1, 0.15) is 6.04 Å². The number of aliphatic hydroxyl groups excluding tert-OH is 1. The molecule has 3 N–H and O–H groups in total. The van der Waals surface area contributed by atoms with Crippen molar-refractivity contribution in [1.82, 2.24) is 4.90 Å². The van der Waals surface area contributed by atoms with E-state index < -0.39 is 24.1 Å². The van der Waals surface area contributed by atoms with Crippen molar-refractivity contribution in [1.29, 1.82) is 0 Å². The summed E-state index contributed by atoms with van der Waals surface area (Å²) in [5.41, 5.74) is 3.64. The maximum atomic E-state index is 12.3. The zero-order valence-corrected chi connectivity index (χ0v) is 12.4. The molecule has 0 saturated carbocycles. The van der Waals surface area contributed by atoms with Crippen LogP contribution in [-0.2, 0) is 4.79 Å². The van der Waals surface area contributed by atoms with Crippen LogP contribution in [0.2, 0.25) is 0 Å². The number of anilines is 1. The lowest BCUT2D eigenvalue weighted by Crippen LogP contribution is -2.43. The van der Waals surface area contributed by atoms with Crippen LogP contribution in [0.3, 0.4) is 0 Å². The topological polar surface area (TPSA) is 89.9 Å². The molecule has 1 aromatic rings. The Kier molecular flexibility index (Phi) is 4.18. The second kappa shape index (κ2) is 5.73. The number of rotatable bonds is 2. The zero-order valence-electron chi connectivity index (χ0n) is 12.4. The van der Waals surface area contributed by atoms with Gasteiger partial charge >= 0.3 is 12.0 Å². The van der Waals surface area contributed by atoms with Crippen LogP contribution in [0.15, 0.2) is 12.1 Å². The molecular formula is C15H20N2O4. The molecule has 21 heavy (non-hydrogen) atoms. The Hall–Kier alpha value is -2.08. The lowest BCUT2D eigenvalue weighted by Gasteiger charge is -2.23. The van der Waals surface area contributed by atoms with Gasteiger partial charge in [-0.3, -0.25) is 0 Å². The number of carbonyl (C=O) groups excluding carboxylic acids is 1. The molecule has 0 radical (unpaired) electrons. The normalized spacial score (nSPS) is 21.4. The highest BCUT2D eigenvalue weighted by atomic mass is 16.4. The van der Waals surface area contributed by atoms with Gasteiger partial charge in [-0.15, -0.1) is 0 Å². The Labute approximate surface area is 123 Å². The number of hydrogen-bond donors (Lipinski definition) is 3. The molecule has 1 aliphatic rings. The molecule has 2 amide bonds. The number of aliphatic carboxylic acids is 1. The Balaban J connectivity index is 2.20. The molecule has 1 saturated heterocycles. The highest BCUT2D eigenvalue weighted by molar-refractivity contribution is 5.94. The highest BCUT2D eigenvalue weighted by Crippen LogP contribution is 2.24. The molecule has 0 spiro atoms. The van der Waals surface area contributed by atoms with E-state index in [1.807, 2.05) is 32.9 Å². The van der Waals surface area contributed by atoms with Gasteiger partial charge in [0, 0.05) is 18.7 Å². The van der Waals surface area contributed by atoms with Crippen molar-refractivity contribution >= 4 is 17.7 Å². The van der Waals surface area contributed by atoms with E-state index in [1.54, 1.807) is 0 Å². The van der Waals surface area contributed by atoms with E-state index in [2.05, 4.69) is 5.32 Å². The van der Waals surface area contributed by atoms with Crippen LogP contribution in [0.25, 0.3) is 0 Å². The van der Waals surface area contributed by atoms with Crippen LogP contribution in [0.4, 0.5) is 10.5 Å². The number of amides is 2. The Bertz CT molecular complexity index is 562. The molecule has 0 aromatic heterocycles. The predicted molar refractivity (Wildman–Crippen MR) is 78.4 cm³/mol. The molecular weight excluding hydrogens is 272 g/mol. The van der Waals surface area contributed by atoms with Gasteiger partial charge in [0.25, 0.3) is 0 Å². The van der Waals surface area contributed by atoms with Crippen molar-refractivity contribution in [2.24, 2.45) is 0 Å². The summed E-state index contributed by atoms with van der Waals surface area (Å²) in [5.74, 6) is -1.10. The Morgan fingerprint density at radius 3 is 2.33 bits per heavy atom. The van der Waals surface area contributed by atoms with E-state index in [1.165, 1.54) is 4.90 Å². The van der Waals surface area contributed by atoms with Gasteiger partial charge < -0.3 is 20.4 Å². The quantitative estimate of drug-likeness (QED) is 0.773. The summed E-state index contributed by atoms with van der Waals surface area (Å²) in [7, 11) is 0. The summed E-state index contributed by atoms with van der Waals surface area (Å²) in [6, 6.07) is 2.44. The number of carboxylic acids is 1. The van der Waals surface area contributed by atoms with Gasteiger partial charge in [0.15, 0.2) is 0 Å². The molecule has 114 valence electrons. The number of β-amino-alcohol motifs (C(OH)–C–C–N with tert-alkyl or cyclic N) is 1. The van der Waals surface area contributed by atoms with Crippen molar-refractivity contribution < 1.29 is 19.8 Å². The van der Waals surface area contributed by atoms with E-state index in [0.717, 1.165) is 16.7 Å². The number of aliphatic hydroxyl groups is 1. The molecule has 0 aliphatic carbocycles. The average molecular weight is 292 g/mol. The van der Waals surface area contributed by atoms with Crippen molar-refractivity contribution in [2.75, 3.05) is 11.9 Å². The second-order valence-electron chi connectivity index (χ2n) is 5.60. The molecule has 1 fully saturated rings. The number of likely N-dealkylation sites (tertiary alicyclic amines) is 1. The number of hydrogen-bond acceptors (Lipinski definition) is 3. The first-order valence-corrected chi connectivity index (χ1v) is 6.86. The predicted octanol–water partition coefficient (Wildman–Crippen LogP) is 1.66. The minimum Gasteiger partial charge on any atom is -0.480 e. The molecule has 1 aromatic carbocycles. The third kappa shape index (κ3) is 3.16. The SMILES string of the molecule is Cc1cc(C)c(NC(=O)N2CC(O)C[C@H]2C(=O)O)c(C)c1. The van der Waals surface area contributed by atoms with Gasteiger partial charge in [-0.05, 0) is 31.9 Å². The van der Waals surface area contributed by atoms with E-state index in [-0.39, 0.29) is 13.0 Å². The summed E-state index contributed by atoms with van der Waals surface area (Å²) in [6.45, 7) is 5.79. The summed E-state index contributed by atoms with van der Waals surface area (Å²) in [4.78, 5) is 24.6. The molecule has 2 rings (SSSR count). The summed E-state index contributed by atoms with van der Waals surface area (Å²) in [6.07, 6.45) is -0.730. The number of carbonyl (C=O) groups is 2. The molecule has 6 heteroatoms. The van der Waals surface area contributed by atoms with E-state index >= 15 is 0 Å². The van der Waals surface area contributed by atoms with Gasteiger partial charge in [-0.1, -0.05) is 17.7 Å². The lowest BCUT2D eigenvalue weighted by atomic mass is 10.1. The molecule has 1 heterocycles. The Morgan fingerprint density at radius 1 is 1.24 bits per heavy atom. The smallest absolute Gasteiger partial charge is 0.326 e. The monoisotopic (exact) mass is 292 g/mol. The standard InChI is InChI=1S/C15H20N2O4/c1-8-4-9(2)13(10(3)5-8)16-15(21)17-7-11(18)6-12(17)14(19)20/h4-5,11-12,18H,6-7H2,1-3H3,(H,16,21)(H,19,20)/t11?,12-/m0/s1. The third-order valence-corrected chi connectivity index (χ3v) is 3.73. The Morgan fingerprint density at radius 2 is 1.81 bits per heavy atom. The number of aryl methyl sites for hydroxylation is 3. The van der Waals surface area contributed by atoms with Crippen LogP contribution in [0.5, 0.6) is 0 Å². The lowest BCUT2D eigenvalue weighted by molar-refractivity contribution is -0.141. The first-order valence-electron chi connectivity index (χ1n) is 6.86. The zero-order chi connectivity index (χ0) is 15.7. The third-order valence-electron chi connectivity index (χ3n) is 3.73. The number of nitrogens with one attached hydrogen (secondary N) is 1. The number of urea groups is 1. The van der Waals surface area contributed by atoms with Crippen LogP contribution < -0.4 is 5.32 Å². The average Bonchev–Trinajstić information content (AvgIpc) is 2.76. The summed E-state index contributed by atoms with van der Waals surface area (Å²) in [5, 5.41) is 21.5. The van der Waals surface area contributed by atoms with Crippen molar-refractivity contribution in [2.45, 2.75) is 39.3 Å². The fourth-order valence-electron chi connectivity index (χ4n) is 2.83. The van der Waals surface area contributed by atoms with Crippen molar-refractivity contribution in [3.05, 3.63) is 28.8 Å². The maximum Gasteiger partial charge on any atom is 0.326 e. The highest BCUT2D eigenvalue weighted by Gasteiger charge is 2.39. The van der Waals surface area contributed by atoms with E-state index in [9.17, 15) is 14.7 Å². The fourth-order valence-corrected chi connectivity index (χ4v) is 2.83. The molecule has 1 unspecified atom stereocenters. The number of carboxylic acid groups (broad SMARTS) is 1. The van der Waals surface area contributed by atoms with Crippen molar-refractivity contribution in [3.8, 4) is 0 Å². The van der Waals surface area contributed by atoms with Gasteiger partial charge in [-0.2, -0.15) is 0 Å². The summed E-state index contributed by atoms with van der Waals surface area (Å²) < 4.78 is 0. The fraction of sp³-hybridized carbons (Fsp3) is 0.467. The van der Waals surface area contributed by atoms with Crippen LogP contribution in [0, 0.1) is 20.8 Å². The largest absolute Gasteiger partial charge is 0.480 e. The first kappa shape index (κ1) is 15.3. The van der Waals surface area contributed by atoms with E-state index in [0.29, 0.717) is 5.69 Å². The molecule has 6 nitrogen and oxygen atoms in total. The van der Waals surface area contributed by atoms with E-state index in [4.69, 9.17) is 5.11 Å². The van der Waals surface area contributed by atoms with Gasteiger partial charge in [-0.25, -0.2) is 9.59 Å². The van der Waals surface area contributed by atoms with Gasteiger partial charge in [0.05, 0.1) is 6.10 Å². The number of benzene rings is 1. The van der Waals surface area contributed by atoms with Crippen molar-refractivity contribution in [3.63, 3.8) is 0 Å². The molecule has 1 aliphatic heterocycles. The minimum atomic E-state index is -1.10. The maximum absolute atomic E-state index is 12.3. The summed E-state index contributed by atoms with van der Waals surface area (Å²) >= 11 is 0. The molecule has 2 atom stereocenters. The van der Waals surface area contributed by atoms with Crippen LogP contribution >= 0.6 is 0 Å². The van der Waals surface area contributed by atoms with Crippen LogP contribution in [-0.4, -0.2) is 45.8 Å². The minimum absolute atomic E-state index is 0.0345. The molecule has 0 bridgehead atoms. The van der Waals surface area contributed by atoms with Crippen LogP contribution in [0.1, 0.15) is 23.1 Å². The second-order valence-corrected chi connectivity index (χ2v) is 5.60.